The van der Waals surface area contributed by atoms with Crippen molar-refractivity contribution in [3.05, 3.63) is 78.4 Å². The van der Waals surface area contributed by atoms with Gasteiger partial charge in [0.1, 0.15) is 11.6 Å². The lowest BCUT2D eigenvalue weighted by atomic mass is 9.91. The van der Waals surface area contributed by atoms with Crippen LogP contribution in [0.5, 0.6) is 0 Å². The molecule has 0 bridgehead atoms. The standard InChI is InChI=1S/C25H26FN7O/c26-17-10-4-6-12-19(17)31-25(34)22-15-28-24-21(29-16-8-2-1-3-9-16)14-23(32-33(22)24)30-20-13-7-5-11-18(20)27/h1-4,6,8-10,12,14-15,18,20,29H,5,7,11,13,27H2,(H,30,32)(H,31,34). The molecule has 2 heterocycles. The lowest BCUT2D eigenvalue weighted by Gasteiger charge is -2.29. The van der Waals surface area contributed by atoms with E-state index in [1.807, 2.05) is 36.4 Å². The van der Waals surface area contributed by atoms with E-state index in [1.54, 1.807) is 12.1 Å². The van der Waals surface area contributed by atoms with Crippen molar-refractivity contribution >= 4 is 34.4 Å². The van der Waals surface area contributed by atoms with E-state index >= 15 is 0 Å². The van der Waals surface area contributed by atoms with Crippen LogP contribution in [0.15, 0.2) is 66.9 Å². The summed E-state index contributed by atoms with van der Waals surface area (Å²) in [4.78, 5) is 17.5. The molecule has 5 N–H and O–H groups in total. The maximum absolute atomic E-state index is 14.1. The van der Waals surface area contributed by atoms with Crippen LogP contribution in [0, 0.1) is 5.82 Å². The molecule has 5 rings (SSSR count). The number of hydrogen-bond acceptors (Lipinski definition) is 6. The number of aromatic nitrogens is 3. The summed E-state index contributed by atoms with van der Waals surface area (Å²) < 4.78 is 15.6. The average Bonchev–Trinajstić information content (AvgIpc) is 3.27. The van der Waals surface area contributed by atoms with Crippen molar-refractivity contribution in [1.29, 1.82) is 0 Å². The van der Waals surface area contributed by atoms with E-state index < -0.39 is 11.7 Å². The first kappa shape index (κ1) is 21.8. The Hall–Kier alpha value is -3.98. The van der Waals surface area contributed by atoms with E-state index in [4.69, 9.17) is 5.73 Å². The van der Waals surface area contributed by atoms with Crippen LogP contribution in [0.3, 0.4) is 0 Å². The van der Waals surface area contributed by atoms with Crippen LogP contribution in [-0.4, -0.2) is 32.6 Å². The fourth-order valence-electron chi connectivity index (χ4n) is 4.24. The van der Waals surface area contributed by atoms with Gasteiger partial charge in [-0.1, -0.05) is 43.2 Å². The van der Waals surface area contributed by atoms with Gasteiger partial charge in [0, 0.05) is 23.8 Å². The first-order valence-corrected chi connectivity index (χ1v) is 11.4. The largest absolute Gasteiger partial charge is 0.364 e. The second kappa shape index (κ2) is 9.48. The fourth-order valence-corrected chi connectivity index (χ4v) is 4.24. The van der Waals surface area contributed by atoms with Crippen molar-refractivity contribution in [1.82, 2.24) is 14.6 Å². The van der Waals surface area contributed by atoms with Gasteiger partial charge in [-0.3, -0.25) is 4.79 Å². The highest BCUT2D eigenvalue weighted by molar-refractivity contribution is 6.03. The van der Waals surface area contributed by atoms with Gasteiger partial charge in [0.2, 0.25) is 0 Å². The van der Waals surface area contributed by atoms with E-state index in [-0.39, 0.29) is 23.5 Å². The highest BCUT2D eigenvalue weighted by atomic mass is 19.1. The third-order valence-corrected chi connectivity index (χ3v) is 6.03. The molecule has 0 radical (unpaired) electrons. The maximum Gasteiger partial charge on any atom is 0.276 e. The summed E-state index contributed by atoms with van der Waals surface area (Å²) in [5.74, 6) is -0.453. The Morgan fingerprint density at radius 1 is 1.03 bits per heavy atom. The molecule has 0 saturated heterocycles. The molecule has 1 amide bonds. The van der Waals surface area contributed by atoms with Crippen LogP contribution < -0.4 is 21.7 Å². The molecule has 2 aromatic carbocycles. The van der Waals surface area contributed by atoms with Gasteiger partial charge in [-0.15, -0.1) is 5.10 Å². The first-order chi connectivity index (χ1) is 16.6. The molecular weight excluding hydrogens is 433 g/mol. The van der Waals surface area contributed by atoms with E-state index in [2.05, 4.69) is 26.0 Å². The summed E-state index contributed by atoms with van der Waals surface area (Å²) in [7, 11) is 0. The number of carbonyl (C=O) groups excluding carboxylic acids is 1. The Balaban J connectivity index is 1.52. The number of rotatable bonds is 6. The molecule has 0 spiro atoms. The number of carbonyl (C=O) groups is 1. The minimum Gasteiger partial charge on any atom is -0.364 e. The zero-order valence-corrected chi connectivity index (χ0v) is 18.5. The SMILES string of the molecule is NC1CCCCC1Nc1cc(Nc2ccccc2)c2ncc(C(=O)Nc3ccccc3F)n2n1. The van der Waals surface area contributed by atoms with Crippen molar-refractivity contribution in [2.45, 2.75) is 37.8 Å². The molecule has 1 saturated carbocycles. The predicted molar refractivity (Wildman–Crippen MR) is 131 cm³/mol. The fraction of sp³-hybridized carbons (Fsp3) is 0.240. The summed E-state index contributed by atoms with van der Waals surface area (Å²) in [6, 6.07) is 17.7. The number of para-hydroxylation sites is 2. The minimum atomic E-state index is -0.516. The van der Waals surface area contributed by atoms with Crippen LogP contribution >= 0.6 is 0 Å². The van der Waals surface area contributed by atoms with E-state index in [1.165, 1.54) is 22.8 Å². The smallest absolute Gasteiger partial charge is 0.276 e. The summed E-state index contributed by atoms with van der Waals surface area (Å²) in [6.07, 6.45) is 5.56. The monoisotopic (exact) mass is 459 g/mol. The Labute approximate surface area is 196 Å². The van der Waals surface area contributed by atoms with Crippen LogP contribution in [0.4, 0.5) is 27.3 Å². The van der Waals surface area contributed by atoms with Crippen molar-refractivity contribution < 1.29 is 9.18 Å². The molecule has 34 heavy (non-hydrogen) atoms. The molecule has 0 aliphatic heterocycles. The van der Waals surface area contributed by atoms with Crippen LogP contribution in [0.1, 0.15) is 36.2 Å². The van der Waals surface area contributed by atoms with Gasteiger partial charge in [-0.2, -0.15) is 0 Å². The Morgan fingerprint density at radius 2 is 1.79 bits per heavy atom. The number of halogens is 1. The highest BCUT2D eigenvalue weighted by Crippen LogP contribution is 2.27. The molecule has 9 heteroatoms. The van der Waals surface area contributed by atoms with E-state index in [0.29, 0.717) is 17.2 Å². The molecule has 8 nitrogen and oxygen atoms in total. The van der Waals surface area contributed by atoms with Crippen molar-refractivity contribution in [2.24, 2.45) is 5.73 Å². The van der Waals surface area contributed by atoms with Gasteiger partial charge in [0.05, 0.1) is 17.6 Å². The second-order valence-electron chi connectivity index (χ2n) is 8.45. The number of nitrogens with zero attached hydrogens (tertiary/aromatic N) is 3. The summed E-state index contributed by atoms with van der Waals surface area (Å²) in [6.45, 7) is 0. The van der Waals surface area contributed by atoms with Crippen molar-refractivity contribution in [2.75, 3.05) is 16.0 Å². The molecule has 2 unspecified atom stereocenters. The molecular formula is C25H26FN7O. The van der Waals surface area contributed by atoms with Gasteiger partial charge in [-0.05, 0) is 37.1 Å². The van der Waals surface area contributed by atoms with E-state index in [0.717, 1.165) is 31.4 Å². The first-order valence-electron chi connectivity index (χ1n) is 11.4. The topological polar surface area (TPSA) is 109 Å². The van der Waals surface area contributed by atoms with Gasteiger partial charge < -0.3 is 21.7 Å². The van der Waals surface area contributed by atoms with Gasteiger partial charge in [0.15, 0.2) is 11.3 Å². The van der Waals surface area contributed by atoms with Gasteiger partial charge in [0.25, 0.3) is 5.91 Å². The zero-order chi connectivity index (χ0) is 23.5. The average molecular weight is 460 g/mol. The second-order valence-corrected chi connectivity index (χ2v) is 8.45. The molecule has 2 aromatic heterocycles. The minimum absolute atomic E-state index is 0.0309. The lowest BCUT2D eigenvalue weighted by molar-refractivity contribution is 0.102. The normalized spacial score (nSPS) is 17.9. The molecule has 1 aliphatic carbocycles. The third kappa shape index (κ3) is 4.55. The molecule has 174 valence electrons. The number of fused-ring (bicyclic) bond motifs is 1. The number of anilines is 4. The number of amides is 1. The van der Waals surface area contributed by atoms with Crippen molar-refractivity contribution in [3.63, 3.8) is 0 Å². The van der Waals surface area contributed by atoms with E-state index in [9.17, 15) is 9.18 Å². The number of nitrogens with two attached hydrogens (primary N) is 1. The predicted octanol–water partition coefficient (Wildman–Crippen LogP) is 4.55. The Kier molecular flexibility index (Phi) is 6.09. The number of imidazole rings is 1. The number of hydrogen-bond donors (Lipinski definition) is 4. The lowest BCUT2D eigenvalue weighted by Crippen LogP contribution is -2.42. The number of benzene rings is 2. The molecule has 4 aromatic rings. The van der Waals surface area contributed by atoms with Crippen molar-refractivity contribution in [3.8, 4) is 0 Å². The summed E-state index contributed by atoms with van der Waals surface area (Å²) in [5, 5.41) is 14.1. The Bertz CT molecular complexity index is 1310. The number of nitrogens with one attached hydrogen (secondary N) is 3. The van der Waals surface area contributed by atoms with Gasteiger partial charge in [-0.25, -0.2) is 13.9 Å². The zero-order valence-electron chi connectivity index (χ0n) is 18.5. The third-order valence-electron chi connectivity index (χ3n) is 6.03. The highest BCUT2D eigenvalue weighted by Gasteiger charge is 2.24. The Morgan fingerprint density at radius 3 is 2.59 bits per heavy atom. The maximum atomic E-state index is 14.1. The molecule has 1 fully saturated rings. The van der Waals surface area contributed by atoms with Crippen LogP contribution in [0.25, 0.3) is 5.65 Å². The van der Waals surface area contributed by atoms with Gasteiger partial charge >= 0.3 is 0 Å². The molecule has 1 aliphatic rings. The summed E-state index contributed by atoms with van der Waals surface area (Å²) >= 11 is 0. The quantitative estimate of drug-likeness (QED) is 0.337. The van der Waals surface area contributed by atoms with Crippen LogP contribution in [0.2, 0.25) is 0 Å². The molecule has 2 atom stereocenters. The van der Waals surface area contributed by atoms with Crippen LogP contribution in [-0.2, 0) is 0 Å². The summed E-state index contributed by atoms with van der Waals surface area (Å²) in [5.41, 5.74) is 8.63.